The highest BCUT2D eigenvalue weighted by Crippen LogP contribution is 2.45. The first-order chi connectivity index (χ1) is 20.8. The summed E-state index contributed by atoms with van der Waals surface area (Å²) in [7, 11) is -5.55. The Morgan fingerprint density at radius 2 is 1.48 bits per heavy atom. The van der Waals surface area contributed by atoms with Gasteiger partial charge in [-0.1, -0.05) is 72.9 Å². The molecule has 13 heteroatoms. The molecule has 0 unspecified atom stereocenters. The Morgan fingerprint density at radius 1 is 0.932 bits per heavy atom. The number of alkyl halides is 3. The molecule has 1 heterocycles. The van der Waals surface area contributed by atoms with Crippen molar-refractivity contribution >= 4 is 44.9 Å². The number of hydrogen-bond acceptors (Lipinski definition) is 6. The molecule has 4 atom stereocenters. The van der Waals surface area contributed by atoms with Crippen LogP contribution in [-0.4, -0.2) is 49.5 Å². The van der Waals surface area contributed by atoms with Gasteiger partial charge in [0.25, 0.3) is 15.7 Å². The highest BCUT2D eigenvalue weighted by atomic mass is 35.5. The SMILES string of the molecule is CCC[C@H](C(=O)OCC)N1C(=O)[C@H](Cc2ccc(S(=O)(=O)C(F)(F)F)cc2)O[C@@H](c2ccc(Cl)cc2)[C@H]1c1ccc(Cl)cc1. The third-order valence-corrected chi connectivity index (χ3v) is 9.26. The Bertz CT molecular complexity index is 1570. The van der Waals surface area contributed by atoms with Crippen molar-refractivity contribution in [3.05, 3.63) is 99.5 Å². The number of nitrogens with zero attached hydrogens (tertiary/aromatic N) is 1. The Morgan fingerprint density at radius 3 is 1.98 bits per heavy atom. The number of benzene rings is 3. The van der Waals surface area contributed by atoms with Crippen molar-refractivity contribution in [3.63, 3.8) is 0 Å². The molecule has 0 spiro atoms. The summed E-state index contributed by atoms with van der Waals surface area (Å²) in [5.74, 6) is -1.12. The fourth-order valence-electron chi connectivity index (χ4n) is 5.19. The zero-order valence-corrected chi connectivity index (χ0v) is 26.1. The van der Waals surface area contributed by atoms with Crippen LogP contribution in [0, 0.1) is 0 Å². The van der Waals surface area contributed by atoms with Gasteiger partial charge in [-0.2, -0.15) is 13.2 Å². The fourth-order valence-corrected chi connectivity index (χ4v) is 6.20. The molecule has 3 aromatic rings. The highest BCUT2D eigenvalue weighted by molar-refractivity contribution is 7.92. The molecule has 1 aliphatic rings. The fraction of sp³-hybridized carbons (Fsp3) is 0.355. The number of amides is 1. The second-order valence-corrected chi connectivity index (χ2v) is 13.0. The largest absolute Gasteiger partial charge is 0.501 e. The van der Waals surface area contributed by atoms with E-state index in [0.717, 1.165) is 12.1 Å². The minimum Gasteiger partial charge on any atom is -0.464 e. The third-order valence-electron chi connectivity index (χ3n) is 7.25. The standard InChI is InChI=1S/C31H30Cl2F3NO6S/c1-3-5-25(30(39)42-4-2)37-27(20-8-12-22(32)13-9-20)28(21-10-14-23(33)15-11-21)43-26(29(37)38)18-19-6-16-24(17-7-19)44(40,41)31(34,35)36/h6-17,25-28H,3-5,18H2,1-2H3/t25-,26+,27-,28+/m1/s1. The molecule has 44 heavy (non-hydrogen) atoms. The number of esters is 1. The van der Waals surface area contributed by atoms with Crippen LogP contribution in [0.3, 0.4) is 0 Å². The van der Waals surface area contributed by atoms with Crippen molar-refractivity contribution in [2.24, 2.45) is 0 Å². The second kappa shape index (κ2) is 13.9. The molecule has 0 saturated carbocycles. The van der Waals surface area contributed by atoms with Gasteiger partial charge in [-0.3, -0.25) is 4.79 Å². The molecule has 1 fully saturated rings. The Kier molecular flexibility index (Phi) is 10.7. The summed E-state index contributed by atoms with van der Waals surface area (Å²) >= 11 is 12.3. The lowest BCUT2D eigenvalue weighted by Gasteiger charge is -2.47. The quantitative estimate of drug-likeness (QED) is 0.211. The number of rotatable bonds is 10. The summed E-state index contributed by atoms with van der Waals surface area (Å²) in [5.41, 5.74) is -3.80. The van der Waals surface area contributed by atoms with E-state index < -0.39 is 56.4 Å². The number of carbonyl (C=O) groups excluding carboxylic acids is 2. The normalized spacial score (nSPS) is 19.9. The van der Waals surface area contributed by atoms with Crippen LogP contribution in [0.25, 0.3) is 0 Å². The predicted octanol–water partition coefficient (Wildman–Crippen LogP) is 7.27. The van der Waals surface area contributed by atoms with Crippen LogP contribution in [0.1, 0.15) is 55.5 Å². The summed E-state index contributed by atoms with van der Waals surface area (Å²) in [6, 6.07) is 16.0. The van der Waals surface area contributed by atoms with Gasteiger partial charge < -0.3 is 14.4 Å². The first kappa shape index (κ1) is 33.8. The van der Waals surface area contributed by atoms with Gasteiger partial charge in [-0.25, -0.2) is 13.2 Å². The Labute approximate surface area is 263 Å². The van der Waals surface area contributed by atoms with E-state index in [9.17, 15) is 31.2 Å². The van der Waals surface area contributed by atoms with Crippen LogP contribution in [0.15, 0.2) is 77.7 Å². The van der Waals surface area contributed by atoms with Crippen molar-refractivity contribution in [1.82, 2.24) is 4.90 Å². The van der Waals surface area contributed by atoms with Crippen LogP contribution >= 0.6 is 23.2 Å². The third kappa shape index (κ3) is 7.22. The van der Waals surface area contributed by atoms with E-state index in [2.05, 4.69) is 0 Å². The molecule has 0 aromatic heterocycles. The van der Waals surface area contributed by atoms with Gasteiger partial charge in [0.05, 0.1) is 17.5 Å². The van der Waals surface area contributed by atoms with Crippen molar-refractivity contribution in [1.29, 1.82) is 0 Å². The van der Waals surface area contributed by atoms with E-state index in [1.807, 2.05) is 6.92 Å². The monoisotopic (exact) mass is 671 g/mol. The molecule has 1 saturated heterocycles. The Hall–Kier alpha value is -3.12. The predicted molar refractivity (Wildman–Crippen MR) is 159 cm³/mol. The molecule has 3 aromatic carbocycles. The molecule has 0 bridgehead atoms. The maximum absolute atomic E-state index is 14.3. The Balaban J connectivity index is 1.82. The number of halogens is 5. The number of carbonyl (C=O) groups is 2. The van der Waals surface area contributed by atoms with Gasteiger partial charge in [0.15, 0.2) is 0 Å². The number of ether oxygens (including phenoxy) is 2. The average molecular weight is 673 g/mol. The lowest BCUT2D eigenvalue weighted by atomic mass is 9.88. The summed E-state index contributed by atoms with van der Waals surface area (Å²) < 4.78 is 74.7. The van der Waals surface area contributed by atoms with E-state index in [0.29, 0.717) is 39.6 Å². The van der Waals surface area contributed by atoms with Gasteiger partial charge in [0.1, 0.15) is 18.2 Å². The van der Waals surface area contributed by atoms with Crippen LogP contribution in [0.4, 0.5) is 13.2 Å². The van der Waals surface area contributed by atoms with E-state index in [4.69, 9.17) is 32.7 Å². The maximum atomic E-state index is 14.3. The van der Waals surface area contributed by atoms with Crippen molar-refractivity contribution in [2.75, 3.05) is 6.61 Å². The van der Waals surface area contributed by atoms with Gasteiger partial charge in [0.2, 0.25) is 0 Å². The molecule has 0 radical (unpaired) electrons. The van der Waals surface area contributed by atoms with Crippen LogP contribution in [0.2, 0.25) is 10.0 Å². The van der Waals surface area contributed by atoms with Gasteiger partial charge in [-0.05, 0) is 66.4 Å². The summed E-state index contributed by atoms with van der Waals surface area (Å²) in [5, 5.41) is 0.942. The van der Waals surface area contributed by atoms with Crippen molar-refractivity contribution < 1.29 is 40.7 Å². The topological polar surface area (TPSA) is 90.0 Å². The molecule has 236 valence electrons. The van der Waals surface area contributed by atoms with E-state index in [1.54, 1.807) is 55.5 Å². The molecule has 0 N–H and O–H groups in total. The van der Waals surface area contributed by atoms with E-state index in [1.165, 1.54) is 17.0 Å². The minimum atomic E-state index is -5.55. The highest BCUT2D eigenvalue weighted by Gasteiger charge is 2.49. The maximum Gasteiger partial charge on any atom is 0.501 e. The number of hydrogen-bond donors (Lipinski definition) is 0. The summed E-state index contributed by atoms with van der Waals surface area (Å²) in [4.78, 5) is 28.2. The smallest absolute Gasteiger partial charge is 0.464 e. The molecule has 1 amide bonds. The van der Waals surface area contributed by atoms with E-state index in [-0.39, 0.29) is 13.0 Å². The van der Waals surface area contributed by atoms with Gasteiger partial charge >= 0.3 is 11.5 Å². The molecule has 4 rings (SSSR count). The molecule has 7 nitrogen and oxygen atoms in total. The van der Waals surface area contributed by atoms with Crippen LogP contribution in [0.5, 0.6) is 0 Å². The molecular weight excluding hydrogens is 642 g/mol. The first-order valence-electron chi connectivity index (χ1n) is 13.8. The summed E-state index contributed by atoms with van der Waals surface area (Å²) in [6.45, 7) is 3.64. The number of sulfone groups is 1. The second-order valence-electron chi connectivity index (χ2n) is 10.2. The van der Waals surface area contributed by atoms with E-state index >= 15 is 0 Å². The lowest BCUT2D eigenvalue weighted by molar-refractivity contribution is -0.186. The first-order valence-corrected chi connectivity index (χ1v) is 16.1. The summed E-state index contributed by atoms with van der Waals surface area (Å²) in [6.07, 6.45) is -1.26. The van der Waals surface area contributed by atoms with Crippen LogP contribution < -0.4 is 0 Å². The minimum absolute atomic E-state index is 0.0976. The number of morpholine rings is 1. The van der Waals surface area contributed by atoms with Crippen molar-refractivity contribution in [2.45, 2.75) is 67.8 Å². The van der Waals surface area contributed by atoms with Crippen LogP contribution in [-0.2, 0) is 35.3 Å². The lowest BCUT2D eigenvalue weighted by Crippen LogP contribution is -2.57. The molecular formula is C31H30Cl2F3NO6S. The van der Waals surface area contributed by atoms with Crippen molar-refractivity contribution in [3.8, 4) is 0 Å². The molecule has 1 aliphatic heterocycles. The molecule has 0 aliphatic carbocycles. The zero-order valence-electron chi connectivity index (χ0n) is 23.8. The van der Waals surface area contributed by atoms with Gasteiger partial charge in [0, 0.05) is 16.5 Å². The van der Waals surface area contributed by atoms with Gasteiger partial charge in [-0.15, -0.1) is 0 Å². The zero-order chi connectivity index (χ0) is 32.2. The average Bonchev–Trinajstić information content (AvgIpc) is 2.98.